The van der Waals surface area contributed by atoms with Gasteiger partial charge in [-0.25, -0.2) is 4.79 Å². The molecule has 2 aromatic rings. The van der Waals surface area contributed by atoms with Crippen molar-refractivity contribution < 1.29 is 14.6 Å². The molecule has 134 valence electrons. The van der Waals surface area contributed by atoms with E-state index in [1.54, 1.807) is 4.90 Å². The highest BCUT2D eigenvalue weighted by molar-refractivity contribution is 5.89. The molecule has 0 saturated heterocycles. The molecular formula is C21H22N2O3. The number of hydrogen-bond acceptors (Lipinski definition) is 4. The third kappa shape index (κ3) is 4.41. The molecule has 1 aliphatic rings. The van der Waals surface area contributed by atoms with Gasteiger partial charge in [0, 0.05) is 6.54 Å². The van der Waals surface area contributed by atoms with Crippen molar-refractivity contribution in [1.29, 1.82) is 5.26 Å². The van der Waals surface area contributed by atoms with Crippen LogP contribution in [-0.2, 0) is 24.2 Å². The van der Waals surface area contributed by atoms with Crippen LogP contribution in [0.4, 0.5) is 10.5 Å². The Hall–Kier alpha value is -2.84. The van der Waals surface area contributed by atoms with E-state index >= 15 is 0 Å². The van der Waals surface area contributed by atoms with Gasteiger partial charge in [0.1, 0.15) is 12.7 Å². The number of rotatable bonds is 5. The minimum atomic E-state index is -0.935. The van der Waals surface area contributed by atoms with Crippen LogP contribution in [-0.4, -0.2) is 23.8 Å². The van der Waals surface area contributed by atoms with E-state index in [0.717, 1.165) is 35.2 Å². The highest BCUT2D eigenvalue weighted by Gasteiger charge is 2.24. The predicted octanol–water partition coefficient (Wildman–Crippen LogP) is 3.59. The molecule has 1 aliphatic heterocycles. The van der Waals surface area contributed by atoms with Gasteiger partial charge in [0.25, 0.3) is 0 Å². The van der Waals surface area contributed by atoms with Gasteiger partial charge in [-0.15, -0.1) is 0 Å². The minimum Gasteiger partial charge on any atom is -0.444 e. The molecule has 1 atom stereocenters. The number of carbonyl (C=O) groups excluding carboxylic acids is 1. The summed E-state index contributed by atoms with van der Waals surface area (Å²) in [7, 11) is 0. The van der Waals surface area contributed by atoms with E-state index in [1.807, 2.05) is 48.5 Å². The van der Waals surface area contributed by atoms with E-state index < -0.39 is 6.10 Å². The van der Waals surface area contributed by atoms with Gasteiger partial charge in [0.05, 0.1) is 11.8 Å². The smallest absolute Gasteiger partial charge is 0.414 e. The summed E-state index contributed by atoms with van der Waals surface area (Å²) in [6, 6.07) is 17.4. The van der Waals surface area contributed by atoms with Crippen LogP contribution < -0.4 is 4.90 Å². The average molecular weight is 350 g/mol. The quantitative estimate of drug-likeness (QED) is 0.836. The second kappa shape index (κ2) is 8.50. The Bertz CT molecular complexity index is 799. The van der Waals surface area contributed by atoms with Crippen LogP contribution in [0.25, 0.3) is 0 Å². The van der Waals surface area contributed by atoms with E-state index in [1.165, 1.54) is 0 Å². The van der Waals surface area contributed by atoms with E-state index in [4.69, 9.17) is 10.00 Å². The molecule has 1 amide bonds. The van der Waals surface area contributed by atoms with Crippen molar-refractivity contribution >= 4 is 11.8 Å². The zero-order valence-electron chi connectivity index (χ0n) is 14.6. The molecule has 26 heavy (non-hydrogen) atoms. The number of anilines is 1. The van der Waals surface area contributed by atoms with Crippen LogP contribution in [0.15, 0.2) is 48.5 Å². The van der Waals surface area contributed by atoms with Gasteiger partial charge in [-0.05, 0) is 48.4 Å². The summed E-state index contributed by atoms with van der Waals surface area (Å²) in [5, 5.41) is 18.1. The molecule has 0 radical (unpaired) electrons. The lowest BCUT2D eigenvalue weighted by molar-refractivity contribution is 0.146. The average Bonchev–Trinajstić information content (AvgIpc) is 2.70. The third-order valence-corrected chi connectivity index (χ3v) is 4.54. The Morgan fingerprint density at radius 3 is 2.81 bits per heavy atom. The Kier molecular flexibility index (Phi) is 5.88. The van der Waals surface area contributed by atoms with E-state index in [-0.39, 0.29) is 12.7 Å². The number of ether oxygens (including phenoxy) is 1. The standard InChI is InChI=1S/C21H22N2O3/c22-14-19(24)10-8-16-9-11-20-18(13-16)7-4-12-23(20)21(25)26-15-17-5-2-1-3-6-17/h1-3,5-6,9,11,13,19,24H,4,7-8,10,12,15H2. The topological polar surface area (TPSA) is 73.6 Å². The van der Waals surface area contributed by atoms with Crippen LogP contribution in [0.1, 0.15) is 29.5 Å². The molecular weight excluding hydrogens is 328 g/mol. The lowest BCUT2D eigenvalue weighted by atomic mass is 9.97. The van der Waals surface area contributed by atoms with Gasteiger partial charge in [-0.2, -0.15) is 5.26 Å². The maximum absolute atomic E-state index is 12.5. The Morgan fingerprint density at radius 1 is 1.23 bits per heavy atom. The fraction of sp³-hybridized carbons (Fsp3) is 0.333. The van der Waals surface area contributed by atoms with Gasteiger partial charge >= 0.3 is 6.09 Å². The summed E-state index contributed by atoms with van der Waals surface area (Å²) in [5.41, 5.74) is 4.03. The fourth-order valence-corrected chi connectivity index (χ4v) is 3.16. The molecule has 0 spiro atoms. The molecule has 1 unspecified atom stereocenters. The molecule has 5 nitrogen and oxygen atoms in total. The summed E-state index contributed by atoms with van der Waals surface area (Å²) in [5.74, 6) is 0. The van der Waals surface area contributed by atoms with Crippen molar-refractivity contribution in [3.05, 3.63) is 65.2 Å². The predicted molar refractivity (Wildman–Crippen MR) is 98.7 cm³/mol. The highest BCUT2D eigenvalue weighted by atomic mass is 16.6. The first-order valence-electron chi connectivity index (χ1n) is 8.85. The van der Waals surface area contributed by atoms with Gasteiger partial charge < -0.3 is 9.84 Å². The first-order valence-corrected chi connectivity index (χ1v) is 8.85. The van der Waals surface area contributed by atoms with Crippen molar-refractivity contribution in [1.82, 2.24) is 0 Å². The first-order chi connectivity index (χ1) is 12.7. The van der Waals surface area contributed by atoms with Crippen LogP contribution in [0, 0.1) is 11.3 Å². The van der Waals surface area contributed by atoms with Gasteiger partial charge in [-0.3, -0.25) is 4.90 Å². The summed E-state index contributed by atoms with van der Waals surface area (Å²) >= 11 is 0. The fourth-order valence-electron chi connectivity index (χ4n) is 3.16. The number of benzene rings is 2. The van der Waals surface area contributed by atoms with Crippen LogP contribution in [0.3, 0.4) is 0 Å². The SMILES string of the molecule is N#CC(O)CCc1ccc2c(c1)CCCN2C(=O)OCc1ccccc1. The Balaban J connectivity index is 1.66. The van der Waals surface area contributed by atoms with Gasteiger partial charge in [0.2, 0.25) is 0 Å². The number of carbonyl (C=O) groups is 1. The van der Waals surface area contributed by atoms with Crippen molar-refractivity contribution in [3.63, 3.8) is 0 Å². The number of aryl methyl sites for hydroxylation is 2. The van der Waals surface area contributed by atoms with Crippen LogP contribution in [0.5, 0.6) is 0 Å². The zero-order valence-corrected chi connectivity index (χ0v) is 14.6. The van der Waals surface area contributed by atoms with Crippen LogP contribution in [0.2, 0.25) is 0 Å². The van der Waals surface area contributed by atoms with Gasteiger partial charge in [-0.1, -0.05) is 42.5 Å². The molecule has 1 N–H and O–H groups in total. The van der Waals surface area contributed by atoms with Crippen LogP contribution >= 0.6 is 0 Å². The number of nitriles is 1. The highest BCUT2D eigenvalue weighted by Crippen LogP contribution is 2.29. The molecule has 0 bridgehead atoms. The lowest BCUT2D eigenvalue weighted by Crippen LogP contribution is -2.35. The molecule has 3 rings (SSSR count). The number of nitrogens with zero attached hydrogens (tertiary/aromatic N) is 2. The maximum Gasteiger partial charge on any atom is 0.414 e. The van der Waals surface area contributed by atoms with Crippen molar-refractivity contribution in [3.8, 4) is 6.07 Å². The lowest BCUT2D eigenvalue weighted by Gasteiger charge is -2.29. The number of fused-ring (bicyclic) bond motifs is 1. The number of hydrogen-bond donors (Lipinski definition) is 1. The second-order valence-corrected chi connectivity index (χ2v) is 6.44. The number of aliphatic hydroxyl groups excluding tert-OH is 1. The molecule has 0 aromatic heterocycles. The van der Waals surface area contributed by atoms with E-state index in [2.05, 4.69) is 6.07 Å². The molecule has 1 heterocycles. The Labute approximate surface area is 153 Å². The summed E-state index contributed by atoms with van der Waals surface area (Å²) in [4.78, 5) is 14.2. The molecule has 0 fully saturated rings. The molecule has 0 saturated carbocycles. The summed E-state index contributed by atoms with van der Waals surface area (Å²) in [6.07, 6.45) is 1.58. The summed E-state index contributed by atoms with van der Waals surface area (Å²) in [6.45, 7) is 0.906. The largest absolute Gasteiger partial charge is 0.444 e. The normalized spacial score (nSPS) is 14.2. The van der Waals surface area contributed by atoms with Crippen molar-refractivity contribution in [2.75, 3.05) is 11.4 Å². The first kappa shape index (κ1) is 18.0. The maximum atomic E-state index is 12.5. The van der Waals surface area contributed by atoms with E-state index in [0.29, 0.717) is 19.4 Å². The van der Waals surface area contributed by atoms with Crippen molar-refractivity contribution in [2.24, 2.45) is 0 Å². The monoisotopic (exact) mass is 350 g/mol. The van der Waals surface area contributed by atoms with Crippen molar-refractivity contribution in [2.45, 2.75) is 38.4 Å². The summed E-state index contributed by atoms with van der Waals surface area (Å²) < 4.78 is 5.47. The Morgan fingerprint density at radius 2 is 2.04 bits per heavy atom. The zero-order chi connectivity index (χ0) is 18.4. The third-order valence-electron chi connectivity index (χ3n) is 4.54. The number of aliphatic hydroxyl groups is 1. The molecule has 2 aromatic carbocycles. The molecule has 5 heteroatoms. The molecule has 0 aliphatic carbocycles. The minimum absolute atomic E-state index is 0.260. The van der Waals surface area contributed by atoms with Gasteiger partial charge in [0.15, 0.2) is 0 Å². The second-order valence-electron chi connectivity index (χ2n) is 6.44. The number of amides is 1. The van der Waals surface area contributed by atoms with E-state index in [9.17, 15) is 9.90 Å².